The van der Waals surface area contributed by atoms with Gasteiger partial charge in [0.15, 0.2) is 0 Å². The maximum absolute atomic E-state index is 14.6. The number of hydrogen-bond donors (Lipinski definition) is 2. The molecule has 59 heavy (non-hydrogen) atoms. The summed E-state index contributed by atoms with van der Waals surface area (Å²) in [5, 5.41) is 14.3. The Kier molecular flexibility index (Phi) is 16.4. The summed E-state index contributed by atoms with van der Waals surface area (Å²) < 4.78 is 11.6. The quantitative estimate of drug-likeness (QED) is 0.329. The summed E-state index contributed by atoms with van der Waals surface area (Å²) in [6, 6.07) is 3.43. The van der Waals surface area contributed by atoms with Gasteiger partial charge in [0.2, 0.25) is 29.5 Å². The number of carbonyl (C=O) groups is 6. The minimum absolute atomic E-state index is 0.106. The van der Waals surface area contributed by atoms with Gasteiger partial charge in [-0.05, 0) is 80.4 Å². The van der Waals surface area contributed by atoms with Crippen molar-refractivity contribution in [3.05, 3.63) is 29.8 Å². The SMILES string of the molecule is CC[C@H](C)[C@H]1C(=O)N2CCC[C@H]2C(=O)O[C@H](C(C)(C)C)C[C@@H](C)C[C@H](O)[C@H](C)C(=O)N2CCC(CC2)C(=O)N[C@@H](Cc2ccc(OC)cc2)C(=O)N(C)[C@@H](C)C(=O)N1C. The number of amides is 5. The first kappa shape index (κ1) is 47.5. The lowest BCUT2D eigenvalue weighted by atomic mass is 9.81. The van der Waals surface area contributed by atoms with Gasteiger partial charge in [0, 0.05) is 46.1 Å². The van der Waals surface area contributed by atoms with Crippen molar-refractivity contribution in [2.24, 2.45) is 29.1 Å². The number of carbonyl (C=O) groups excluding carboxylic acids is 6. The van der Waals surface area contributed by atoms with Gasteiger partial charge in [-0.25, -0.2) is 4.79 Å². The summed E-state index contributed by atoms with van der Waals surface area (Å²) in [7, 11) is 4.66. The van der Waals surface area contributed by atoms with E-state index >= 15 is 0 Å². The fourth-order valence-corrected chi connectivity index (χ4v) is 8.67. The fraction of sp³-hybridized carbons (Fsp3) is 0.733. The summed E-state index contributed by atoms with van der Waals surface area (Å²) >= 11 is 0. The Balaban J connectivity index is 1.71. The van der Waals surface area contributed by atoms with Crippen LogP contribution < -0.4 is 10.1 Å². The standard InChI is InChI=1S/C45H71N5O9/c1-12-28(3)38-43(56)50-21-13-14-35(50)44(57)59-37(45(6,7)8)25-27(2)24-36(51)29(4)40(53)49-22-19-32(20-23-49)39(52)46-34(26-31-15-17-33(58-11)18-16-31)42(55)47(9)30(5)41(54)48(38)10/h15-18,27-30,32,34-38,51H,12-14,19-26H2,1-11H3,(H,46,52)/t27-,28-,29-,30-,34-,35-,36-,37-,38-/m0/s1. The topological polar surface area (TPSA) is 166 Å². The van der Waals surface area contributed by atoms with Gasteiger partial charge in [-0.3, -0.25) is 24.0 Å². The summed E-state index contributed by atoms with van der Waals surface area (Å²) in [6.07, 6.45) is 1.82. The third-order valence-corrected chi connectivity index (χ3v) is 13.1. The van der Waals surface area contributed by atoms with Crippen LogP contribution in [0, 0.1) is 29.1 Å². The van der Waals surface area contributed by atoms with Crippen molar-refractivity contribution in [1.82, 2.24) is 24.9 Å². The number of benzene rings is 1. The number of likely N-dealkylation sites (N-methyl/N-ethyl adjacent to an activating group) is 2. The molecule has 1 aromatic carbocycles. The molecule has 0 spiro atoms. The number of nitrogens with one attached hydrogen (secondary N) is 1. The first-order valence-electron chi connectivity index (χ1n) is 21.6. The molecule has 4 heterocycles. The number of fused-ring (bicyclic) bond motifs is 19. The predicted octanol–water partition coefficient (Wildman–Crippen LogP) is 4.06. The zero-order chi connectivity index (χ0) is 43.9. The van der Waals surface area contributed by atoms with E-state index in [4.69, 9.17) is 9.47 Å². The summed E-state index contributed by atoms with van der Waals surface area (Å²) in [5.41, 5.74) is 0.318. The summed E-state index contributed by atoms with van der Waals surface area (Å²) in [4.78, 5) is 90.9. The number of esters is 1. The predicted molar refractivity (Wildman–Crippen MR) is 224 cm³/mol. The van der Waals surface area contributed by atoms with Crippen LogP contribution in [0.3, 0.4) is 0 Å². The molecule has 2 bridgehead atoms. The summed E-state index contributed by atoms with van der Waals surface area (Å²) in [6.45, 7) is 16.1. The number of aliphatic hydroxyl groups excluding tert-OH is 1. The smallest absolute Gasteiger partial charge is 0.329 e. The van der Waals surface area contributed by atoms with E-state index in [1.165, 1.54) is 16.8 Å². The molecule has 9 atom stereocenters. The van der Waals surface area contributed by atoms with Crippen molar-refractivity contribution in [3.8, 4) is 5.75 Å². The van der Waals surface area contributed by atoms with Gasteiger partial charge in [-0.1, -0.05) is 67.0 Å². The highest BCUT2D eigenvalue weighted by atomic mass is 16.5. The van der Waals surface area contributed by atoms with Crippen LogP contribution in [0.25, 0.3) is 0 Å². The van der Waals surface area contributed by atoms with E-state index in [0.29, 0.717) is 70.3 Å². The number of nitrogens with zero attached hydrogens (tertiary/aromatic N) is 4. The second kappa shape index (κ2) is 20.4. The van der Waals surface area contributed by atoms with Crippen LogP contribution >= 0.6 is 0 Å². The van der Waals surface area contributed by atoms with Gasteiger partial charge in [-0.2, -0.15) is 0 Å². The van der Waals surface area contributed by atoms with Crippen molar-refractivity contribution in [2.75, 3.05) is 40.8 Å². The largest absolute Gasteiger partial charge is 0.497 e. The lowest BCUT2D eigenvalue weighted by molar-refractivity contribution is -0.166. The highest BCUT2D eigenvalue weighted by molar-refractivity contribution is 5.95. The highest BCUT2D eigenvalue weighted by Gasteiger charge is 2.45. The summed E-state index contributed by atoms with van der Waals surface area (Å²) in [5.74, 6) is -3.15. The van der Waals surface area contributed by atoms with E-state index in [1.807, 2.05) is 53.7 Å². The molecule has 2 N–H and O–H groups in total. The Labute approximate surface area is 351 Å². The second-order valence-corrected chi connectivity index (χ2v) is 18.5. The molecule has 0 aromatic heterocycles. The van der Waals surface area contributed by atoms with Crippen molar-refractivity contribution in [3.63, 3.8) is 0 Å². The molecular formula is C45H71N5O9. The zero-order valence-electron chi connectivity index (χ0n) is 37.4. The van der Waals surface area contributed by atoms with E-state index in [2.05, 4.69) is 5.32 Å². The average Bonchev–Trinajstić information content (AvgIpc) is 3.71. The van der Waals surface area contributed by atoms with Crippen LogP contribution in [0.5, 0.6) is 5.75 Å². The Morgan fingerprint density at radius 2 is 1.49 bits per heavy atom. The molecule has 14 nitrogen and oxygen atoms in total. The number of piperidine rings is 1. The Morgan fingerprint density at radius 1 is 0.864 bits per heavy atom. The monoisotopic (exact) mass is 826 g/mol. The van der Waals surface area contributed by atoms with Crippen LogP contribution in [0.2, 0.25) is 0 Å². The van der Waals surface area contributed by atoms with Crippen molar-refractivity contribution in [1.29, 1.82) is 0 Å². The first-order chi connectivity index (χ1) is 27.7. The molecule has 4 fully saturated rings. The maximum atomic E-state index is 14.6. The van der Waals surface area contributed by atoms with Crippen LogP contribution in [-0.4, -0.2) is 137 Å². The van der Waals surface area contributed by atoms with E-state index in [-0.39, 0.29) is 36.0 Å². The third kappa shape index (κ3) is 11.5. The molecule has 4 saturated heterocycles. The lowest BCUT2D eigenvalue weighted by Crippen LogP contribution is -2.59. The lowest BCUT2D eigenvalue weighted by Gasteiger charge is -2.39. The number of methoxy groups -OCH3 is 1. The third-order valence-electron chi connectivity index (χ3n) is 13.1. The number of hydrogen-bond acceptors (Lipinski definition) is 9. The molecule has 5 amide bonds. The normalized spacial score (nSPS) is 31.0. The van der Waals surface area contributed by atoms with Gasteiger partial charge < -0.3 is 39.5 Å². The molecule has 0 saturated carbocycles. The average molecular weight is 826 g/mol. The molecule has 4 aliphatic heterocycles. The molecule has 14 heteroatoms. The van der Waals surface area contributed by atoms with Crippen LogP contribution in [0.1, 0.15) is 106 Å². The molecule has 5 rings (SSSR count). The van der Waals surface area contributed by atoms with Gasteiger partial charge in [-0.15, -0.1) is 0 Å². The minimum atomic E-state index is -1.02. The highest BCUT2D eigenvalue weighted by Crippen LogP contribution is 2.33. The van der Waals surface area contributed by atoms with E-state index in [9.17, 15) is 33.9 Å². The molecule has 0 unspecified atom stereocenters. The minimum Gasteiger partial charge on any atom is -0.497 e. The Bertz CT molecular complexity index is 1640. The fourth-order valence-electron chi connectivity index (χ4n) is 8.67. The first-order valence-corrected chi connectivity index (χ1v) is 21.6. The number of rotatable bonds is 5. The number of aliphatic hydroxyl groups is 1. The maximum Gasteiger partial charge on any atom is 0.329 e. The van der Waals surface area contributed by atoms with Gasteiger partial charge in [0.1, 0.15) is 36.0 Å². The molecule has 0 aliphatic carbocycles. The van der Waals surface area contributed by atoms with Crippen LogP contribution in [0.4, 0.5) is 0 Å². The molecular weight excluding hydrogens is 755 g/mol. The molecule has 0 radical (unpaired) electrons. The van der Waals surface area contributed by atoms with Crippen LogP contribution in [-0.2, 0) is 39.9 Å². The Morgan fingerprint density at radius 3 is 2.07 bits per heavy atom. The Hall–Kier alpha value is -4.20. The molecule has 330 valence electrons. The van der Waals surface area contributed by atoms with Gasteiger partial charge in [0.25, 0.3) is 0 Å². The zero-order valence-corrected chi connectivity index (χ0v) is 37.4. The van der Waals surface area contributed by atoms with Gasteiger partial charge in [0.05, 0.1) is 19.1 Å². The van der Waals surface area contributed by atoms with E-state index in [1.54, 1.807) is 49.9 Å². The van der Waals surface area contributed by atoms with Crippen molar-refractivity contribution >= 4 is 35.5 Å². The van der Waals surface area contributed by atoms with Crippen molar-refractivity contribution in [2.45, 2.75) is 143 Å². The van der Waals surface area contributed by atoms with Crippen LogP contribution in [0.15, 0.2) is 24.3 Å². The van der Waals surface area contributed by atoms with Crippen molar-refractivity contribution < 1.29 is 43.3 Å². The molecule has 4 aliphatic rings. The second-order valence-electron chi connectivity index (χ2n) is 18.5. The van der Waals surface area contributed by atoms with E-state index in [0.717, 1.165) is 5.56 Å². The molecule has 1 aromatic rings. The van der Waals surface area contributed by atoms with E-state index < -0.39 is 71.4 Å². The van der Waals surface area contributed by atoms with Gasteiger partial charge >= 0.3 is 5.97 Å². The number of ether oxygens (including phenoxy) is 2.